The van der Waals surface area contributed by atoms with Crippen LogP contribution in [-0.4, -0.2) is 13.7 Å². The molecule has 0 aliphatic rings. The van der Waals surface area contributed by atoms with Gasteiger partial charge in [0, 0.05) is 6.54 Å². The van der Waals surface area contributed by atoms with Gasteiger partial charge in [0.1, 0.15) is 11.6 Å². The van der Waals surface area contributed by atoms with Crippen molar-refractivity contribution in [2.45, 2.75) is 6.42 Å². The van der Waals surface area contributed by atoms with Gasteiger partial charge in [0.15, 0.2) is 0 Å². The van der Waals surface area contributed by atoms with Gasteiger partial charge in [0.2, 0.25) is 0 Å². The second kappa shape index (κ2) is 6.43. The Labute approximate surface area is 117 Å². The standard InChI is InChI=1S/C15H15ClFNO/c1-19-13-5-2-11(3-6-13)8-9-18-15-10-12(17)4-7-14(15)16/h2-7,10,18H,8-9H2,1H3. The van der Waals surface area contributed by atoms with Crippen molar-refractivity contribution in [3.8, 4) is 5.75 Å². The molecule has 0 saturated carbocycles. The number of hydrogen-bond acceptors (Lipinski definition) is 2. The number of hydrogen-bond donors (Lipinski definition) is 1. The lowest BCUT2D eigenvalue weighted by Gasteiger charge is -2.09. The van der Waals surface area contributed by atoms with E-state index < -0.39 is 0 Å². The van der Waals surface area contributed by atoms with Gasteiger partial charge in [-0.3, -0.25) is 0 Å². The van der Waals surface area contributed by atoms with Crippen LogP contribution < -0.4 is 10.1 Å². The molecule has 0 aliphatic carbocycles. The maximum absolute atomic E-state index is 13.1. The van der Waals surface area contributed by atoms with Crippen LogP contribution in [0.4, 0.5) is 10.1 Å². The Morgan fingerprint density at radius 1 is 1.16 bits per heavy atom. The summed E-state index contributed by atoms with van der Waals surface area (Å²) in [5.41, 5.74) is 1.80. The van der Waals surface area contributed by atoms with Crippen molar-refractivity contribution in [1.82, 2.24) is 0 Å². The number of nitrogens with one attached hydrogen (secondary N) is 1. The minimum Gasteiger partial charge on any atom is -0.497 e. The molecule has 0 saturated heterocycles. The molecule has 0 heterocycles. The second-order valence-corrected chi connectivity index (χ2v) is 4.56. The Morgan fingerprint density at radius 2 is 1.89 bits per heavy atom. The summed E-state index contributed by atoms with van der Waals surface area (Å²) in [5, 5.41) is 3.65. The number of rotatable bonds is 5. The fraction of sp³-hybridized carbons (Fsp3) is 0.200. The van der Waals surface area contributed by atoms with Gasteiger partial charge in [0.05, 0.1) is 17.8 Å². The monoisotopic (exact) mass is 279 g/mol. The quantitative estimate of drug-likeness (QED) is 0.888. The maximum Gasteiger partial charge on any atom is 0.125 e. The van der Waals surface area contributed by atoms with Crippen LogP contribution in [0.3, 0.4) is 0 Å². The third-order valence-corrected chi connectivity index (χ3v) is 3.15. The van der Waals surface area contributed by atoms with Gasteiger partial charge in [-0.05, 0) is 42.3 Å². The van der Waals surface area contributed by atoms with Crippen LogP contribution in [0.25, 0.3) is 0 Å². The number of methoxy groups -OCH3 is 1. The van der Waals surface area contributed by atoms with Crippen LogP contribution in [0.15, 0.2) is 42.5 Å². The summed E-state index contributed by atoms with van der Waals surface area (Å²) in [7, 11) is 1.64. The number of benzene rings is 2. The molecular weight excluding hydrogens is 265 g/mol. The molecular formula is C15H15ClFNO. The Hall–Kier alpha value is -1.74. The van der Waals surface area contributed by atoms with Gasteiger partial charge < -0.3 is 10.1 Å². The van der Waals surface area contributed by atoms with E-state index in [0.29, 0.717) is 17.3 Å². The first-order valence-electron chi connectivity index (χ1n) is 6.01. The predicted molar refractivity (Wildman–Crippen MR) is 76.6 cm³/mol. The molecule has 0 amide bonds. The van der Waals surface area contributed by atoms with Crippen LogP contribution in [0.1, 0.15) is 5.56 Å². The van der Waals surface area contributed by atoms with Gasteiger partial charge >= 0.3 is 0 Å². The average Bonchev–Trinajstić information content (AvgIpc) is 2.43. The fourth-order valence-corrected chi connectivity index (χ4v) is 1.95. The Morgan fingerprint density at radius 3 is 2.58 bits per heavy atom. The summed E-state index contributed by atoms with van der Waals surface area (Å²) in [6, 6.07) is 12.1. The van der Waals surface area contributed by atoms with Gasteiger partial charge in [-0.15, -0.1) is 0 Å². The minimum absolute atomic E-state index is 0.295. The molecule has 0 radical (unpaired) electrons. The highest BCUT2D eigenvalue weighted by Crippen LogP contribution is 2.22. The summed E-state index contributed by atoms with van der Waals surface area (Å²) in [5.74, 6) is 0.543. The van der Waals surface area contributed by atoms with E-state index in [0.717, 1.165) is 12.2 Å². The third kappa shape index (κ3) is 3.86. The van der Waals surface area contributed by atoms with Crippen molar-refractivity contribution < 1.29 is 9.13 Å². The van der Waals surface area contributed by atoms with E-state index >= 15 is 0 Å². The van der Waals surface area contributed by atoms with Crippen LogP contribution >= 0.6 is 11.6 Å². The van der Waals surface area contributed by atoms with E-state index in [-0.39, 0.29) is 5.82 Å². The molecule has 0 unspecified atom stereocenters. The molecule has 0 spiro atoms. The molecule has 4 heteroatoms. The molecule has 1 N–H and O–H groups in total. The Balaban J connectivity index is 1.90. The molecule has 0 aliphatic heterocycles. The minimum atomic E-state index is -0.295. The molecule has 100 valence electrons. The molecule has 2 aromatic carbocycles. The average molecular weight is 280 g/mol. The summed E-state index contributed by atoms with van der Waals surface area (Å²) in [6.07, 6.45) is 0.830. The molecule has 2 nitrogen and oxygen atoms in total. The van der Waals surface area contributed by atoms with Gasteiger partial charge in [0.25, 0.3) is 0 Å². The Bertz CT molecular complexity index is 542. The predicted octanol–water partition coefficient (Wildman–Crippen LogP) is 4.14. The lowest BCUT2D eigenvalue weighted by atomic mass is 10.1. The first-order chi connectivity index (χ1) is 9.19. The van der Waals surface area contributed by atoms with Crippen molar-refractivity contribution in [1.29, 1.82) is 0 Å². The molecule has 0 atom stereocenters. The highest BCUT2D eigenvalue weighted by molar-refractivity contribution is 6.33. The first kappa shape index (κ1) is 13.7. The van der Waals surface area contributed by atoms with Gasteiger partial charge in [-0.1, -0.05) is 23.7 Å². The molecule has 0 bridgehead atoms. The maximum atomic E-state index is 13.1. The summed E-state index contributed by atoms with van der Waals surface area (Å²) >= 11 is 5.97. The zero-order valence-electron chi connectivity index (χ0n) is 10.6. The number of halogens is 2. The highest BCUT2D eigenvalue weighted by atomic mass is 35.5. The zero-order valence-corrected chi connectivity index (χ0v) is 11.4. The topological polar surface area (TPSA) is 21.3 Å². The van der Waals surface area contributed by atoms with E-state index in [9.17, 15) is 4.39 Å². The largest absolute Gasteiger partial charge is 0.497 e. The van der Waals surface area contributed by atoms with E-state index in [1.165, 1.54) is 17.7 Å². The molecule has 2 rings (SSSR count). The second-order valence-electron chi connectivity index (χ2n) is 4.15. The summed E-state index contributed by atoms with van der Waals surface area (Å²) in [6.45, 7) is 0.690. The van der Waals surface area contributed by atoms with Crippen LogP contribution in [-0.2, 0) is 6.42 Å². The zero-order chi connectivity index (χ0) is 13.7. The molecule has 0 aromatic heterocycles. The van der Waals surface area contributed by atoms with Crippen molar-refractivity contribution >= 4 is 17.3 Å². The molecule has 0 fully saturated rings. The molecule has 2 aromatic rings. The first-order valence-corrected chi connectivity index (χ1v) is 6.38. The van der Waals surface area contributed by atoms with Crippen LogP contribution in [0.5, 0.6) is 5.75 Å². The van der Waals surface area contributed by atoms with E-state index in [1.54, 1.807) is 13.2 Å². The normalized spacial score (nSPS) is 10.3. The number of anilines is 1. The van der Waals surface area contributed by atoms with Crippen LogP contribution in [0, 0.1) is 5.82 Å². The van der Waals surface area contributed by atoms with Crippen LogP contribution in [0.2, 0.25) is 5.02 Å². The van der Waals surface area contributed by atoms with Crippen molar-refractivity contribution in [3.05, 3.63) is 58.9 Å². The van der Waals surface area contributed by atoms with Gasteiger partial charge in [-0.25, -0.2) is 4.39 Å². The summed E-state index contributed by atoms with van der Waals surface area (Å²) in [4.78, 5) is 0. The van der Waals surface area contributed by atoms with Crippen molar-refractivity contribution in [3.63, 3.8) is 0 Å². The smallest absolute Gasteiger partial charge is 0.125 e. The fourth-order valence-electron chi connectivity index (χ4n) is 1.77. The highest BCUT2D eigenvalue weighted by Gasteiger charge is 2.01. The lowest BCUT2D eigenvalue weighted by molar-refractivity contribution is 0.414. The van der Waals surface area contributed by atoms with Gasteiger partial charge in [-0.2, -0.15) is 0 Å². The lowest BCUT2D eigenvalue weighted by Crippen LogP contribution is -2.05. The van der Waals surface area contributed by atoms with Crippen molar-refractivity contribution in [2.75, 3.05) is 19.0 Å². The molecule has 19 heavy (non-hydrogen) atoms. The number of ether oxygens (including phenoxy) is 1. The van der Waals surface area contributed by atoms with E-state index in [2.05, 4.69) is 5.32 Å². The van der Waals surface area contributed by atoms with Crippen molar-refractivity contribution in [2.24, 2.45) is 0 Å². The van der Waals surface area contributed by atoms with E-state index in [4.69, 9.17) is 16.3 Å². The summed E-state index contributed by atoms with van der Waals surface area (Å²) < 4.78 is 18.2. The van der Waals surface area contributed by atoms with E-state index in [1.807, 2.05) is 24.3 Å². The third-order valence-electron chi connectivity index (χ3n) is 2.82. The SMILES string of the molecule is COc1ccc(CCNc2cc(F)ccc2Cl)cc1. The Kier molecular flexibility index (Phi) is 4.63.